The fourth-order valence-corrected chi connectivity index (χ4v) is 12.9. The lowest BCUT2D eigenvalue weighted by Crippen LogP contribution is -2.69. The number of unbranched alkanes of at least 4 members (excludes halogenated alkanes) is 31. The SMILES string of the molecule is CCCCCCCC/C=C\CCCCCC(=O)OCC1OC(OC2C(O)C(O)C(O)C(OC3OC(CO)C(O)C(O)C3O)C2OP(=O)(O)OCC(COC(=O)CCCCCCCCCCCCCCC)OC(=O)CCCCC/C=C\CCCCCCCCC)C(O)C(O)C1O. The van der Waals surface area contributed by atoms with Crippen molar-refractivity contribution in [2.75, 3.05) is 26.4 Å². The van der Waals surface area contributed by atoms with Gasteiger partial charge < -0.3 is 89.1 Å². The maximum absolute atomic E-state index is 14.3. The fourth-order valence-electron chi connectivity index (χ4n) is 11.9. The van der Waals surface area contributed by atoms with Gasteiger partial charge in [-0.1, -0.05) is 206 Å². The molecule has 0 aromatic carbocycles. The van der Waals surface area contributed by atoms with E-state index in [1.165, 1.54) is 116 Å². The lowest BCUT2D eigenvalue weighted by atomic mass is 9.84. The Bertz CT molecular complexity index is 2070. The van der Waals surface area contributed by atoms with Crippen molar-refractivity contribution in [2.24, 2.45) is 0 Å². The quantitative estimate of drug-likeness (QED) is 0.00887. The van der Waals surface area contributed by atoms with Crippen molar-refractivity contribution in [2.45, 2.75) is 375 Å². The first-order valence-corrected chi connectivity index (χ1v) is 38.1. The zero-order valence-electron chi connectivity index (χ0n) is 57.7. The number of rotatable bonds is 56. The van der Waals surface area contributed by atoms with Crippen molar-refractivity contribution in [3.05, 3.63) is 24.3 Å². The zero-order valence-corrected chi connectivity index (χ0v) is 58.6. The highest BCUT2D eigenvalue weighted by molar-refractivity contribution is 7.47. The third-order valence-electron chi connectivity index (χ3n) is 18.0. The van der Waals surface area contributed by atoms with Crippen LogP contribution < -0.4 is 0 Å². The summed E-state index contributed by atoms with van der Waals surface area (Å²) in [5.74, 6) is -2.02. The molecule has 0 amide bonds. The molecule has 25 heteroatoms. The molecule has 2 heterocycles. The van der Waals surface area contributed by atoms with Gasteiger partial charge in [0.25, 0.3) is 0 Å². The van der Waals surface area contributed by atoms with Crippen LogP contribution in [0.2, 0.25) is 0 Å². The van der Waals surface area contributed by atoms with Gasteiger partial charge in [0.05, 0.1) is 13.2 Å². The Labute approximate surface area is 566 Å². The smallest absolute Gasteiger partial charge is 0.463 e. The number of aliphatic hydroxyl groups is 10. The van der Waals surface area contributed by atoms with Crippen molar-refractivity contribution in [1.29, 1.82) is 0 Å². The summed E-state index contributed by atoms with van der Waals surface area (Å²) >= 11 is 0. The van der Waals surface area contributed by atoms with Crippen molar-refractivity contribution in [3.8, 4) is 0 Å². The maximum Gasteiger partial charge on any atom is 0.472 e. The van der Waals surface area contributed by atoms with Gasteiger partial charge in [0.2, 0.25) is 0 Å². The normalized spacial score (nSPS) is 28.2. The molecular weight excluding hydrogens is 1260 g/mol. The average Bonchev–Trinajstić information content (AvgIpc) is 0.764. The predicted octanol–water partition coefficient (Wildman–Crippen LogP) is 9.35. The van der Waals surface area contributed by atoms with Crippen LogP contribution in [0.3, 0.4) is 0 Å². The second-order valence-electron chi connectivity index (χ2n) is 26.3. The van der Waals surface area contributed by atoms with Crippen LogP contribution in [0.5, 0.6) is 0 Å². The van der Waals surface area contributed by atoms with Crippen LogP contribution in [0, 0.1) is 0 Å². The van der Waals surface area contributed by atoms with Crippen LogP contribution in [0.25, 0.3) is 0 Å². The number of carbonyl (C=O) groups is 3. The molecule has 3 aliphatic rings. The molecule has 1 aliphatic carbocycles. The lowest BCUT2D eigenvalue weighted by molar-refractivity contribution is -0.360. The molecule has 1 saturated carbocycles. The van der Waals surface area contributed by atoms with Gasteiger partial charge in [-0.2, -0.15) is 0 Å². The lowest BCUT2D eigenvalue weighted by Gasteiger charge is -2.49. The summed E-state index contributed by atoms with van der Waals surface area (Å²) in [6.45, 7) is 3.39. The van der Waals surface area contributed by atoms with E-state index in [0.717, 1.165) is 89.9 Å². The Kier molecular flexibility index (Phi) is 47.8. The predicted molar refractivity (Wildman–Crippen MR) is 356 cm³/mol. The first-order chi connectivity index (χ1) is 45.8. The number of hydrogen-bond donors (Lipinski definition) is 11. The van der Waals surface area contributed by atoms with E-state index in [1.807, 2.05) is 0 Å². The minimum Gasteiger partial charge on any atom is -0.463 e. The number of allylic oxidation sites excluding steroid dienone is 4. The molecule has 556 valence electrons. The largest absolute Gasteiger partial charge is 0.472 e. The van der Waals surface area contributed by atoms with Crippen LogP contribution in [0.1, 0.15) is 271 Å². The zero-order chi connectivity index (χ0) is 69.6. The van der Waals surface area contributed by atoms with Crippen LogP contribution in [-0.2, 0) is 61.2 Å². The molecule has 18 unspecified atom stereocenters. The Hall–Kier alpha value is -2.56. The molecule has 3 fully saturated rings. The molecule has 3 rings (SSSR count). The second-order valence-corrected chi connectivity index (χ2v) is 27.7. The second kappa shape index (κ2) is 52.4. The Balaban J connectivity index is 1.76. The van der Waals surface area contributed by atoms with Crippen molar-refractivity contribution < 1.29 is 117 Å². The van der Waals surface area contributed by atoms with E-state index < -0.39 is 156 Å². The number of esters is 3. The third-order valence-corrected chi connectivity index (χ3v) is 18.9. The van der Waals surface area contributed by atoms with E-state index >= 15 is 0 Å². The van der Waals surface area contributed by atoms with Crippen LogP contribution in [0.15, 0.2) is 24.3 Å². The van der Waals surface area contributed by atoms with Gasteiger partial charge in [-0.15, -0.1) is 0 Å². The molecule has 0 bridgehead atoms. The summed E-state index contributed by atoms with van der Waals surface area (Å²) in [7, 11) is -5.70. The summed E-state index contributed by atoms with van der Waals surface area (Å²) < 4.78 is 64.9. The molecule has 0 aromatic rings. The minimum atomic E-state index is -5.70. The number of phosphoric ester groups is 1. The molecular formula is C70H127O24P. The minimum absolute atomic E-state index is 0.00753. The van der Waals surface area contributed by atoms with E-state index in [1.54, 1.807) is 0 Å². The first-order valence-electron chi connectivity index (χ1n) is 36.6. The van der Waals surface area contributed by atoms with E-state index in [2.05, 4.69) is 45.1 Å². The monoisotopic (exact) mass is 1380 g/mol. The maximum atomic E-state index is 14.3. The van der Waals surface area contributed by atoms with Crippen LogP contribution >= 0.6 is 7.82 Å². The third kappa shape index (κ3) is 36.1. The summed E-state index contributed by atoms with van der Waals surface area (Å²) in [5.41, 5.74) is 0. The summed E-state index contributed by atoms with van der Waals surface area (Å²) in [5, 5.41) is 110. The Morgan fingerprint density at radius 3 is 1.15 bits per heavy atom. The Morgan fingerprint density at radius 2 is 0.737 bits per heavy atom. The molecule has 0 spiro atoms. The molecule has 0 aromatic heterocycles. The fraction of sp³-hybridized carbons (Fsp3) is 0.900. The van der Waals surface area contributed by atoms with E-state index in [-0.39, 0.29) is 19.3 Å². The highest BCUT2D eigenvalue weighted by Crippen LogP contribution is 2.49. The molecule has 2 saturated heterocycles. The standard InChI is InChI=1S/C70H127O24P/c1-4-7-10-13-16-19-22-25-28-31-34-37-40-43-46-56(74)89-51(48-86-54(72)44-41-38-35-32-29-26-23-20-17-14-11-8-5-2)49-88-95(84,85)94-68-66(92-69-64(82)59(77)57(75)52(47-71)90-69)62(80)61(79)63(81)67(68)93-70-65(83)60(78)58(76)53(91-70)50-87-55(73)45-42-39-36-33-30-27-24-21-18-15-12-9-6-3/h27-28,30-31,51-53,57-71,75-83H,4-26,29,32-50H2,1-3H3,(H,84,85)/b30-27-,31-28-. The highest BCUT2D eigenvalue weighted by atomic mass is 31.2. The highest BCUT2D eigenvalue weighted by Gasteiger charge is 2.58. The van der Waals surface area contributed by atoms with Gasteiger partial charge in [0.1, 0.15) is 98.7 Å². The first kappa shape index (κ1) is 86.7. The van der Waals surface area contributed by atoms with E-state index in [4.69, 9.17) is 42.2 Å². The molecule has 18 atom stereocenters. The van der Waals surface area contributed by atoms with Crippen molar-refractivity contribution in [3.63, 3.8) is 0 Å². The van der Waals surface area contributed by atoms with Crippen molar-refractivity contribution in [1.82, 2.24) is 0 Å². The van der Waals surface area contributed by atoms with Gasteiger partial charge in [0, 0.05) is 19.3 Å². The van der Waals surface area contributed by atoms with Crippen molar-refractivity contribution >= 4 is 25.7 Å². The summed E-state index contributed by atoms with van der Waals surface area (Å²) in [6.07, 6.45) is 11.2. The van der Waals surface area contributed by atoms with E-state index in [0.29, 0.717) is 25.7 Å². The van der Waals surface area contributed by atoms with Gasteiger partial charge in [-0.05, 0) is 70.6 Å². The summed E-state index contributed by atoms with van der Waals surface area (Å²) in [6, 6.07) is 0. The van der Waals surface area contributed by atoms with E-state index in [9.17, 15) is 74.9 Å². The van der Waals surface area contributed by atoms with Gasteiger partial charge in [-0.25, -0.2) is 4.57 Å². The van der Waals surface area contributed by atoms with Gasteiger partial charge >= 0.3 is 25.7 Å². The average molecular weight is 1380 g/mol. The number of phosphoric acid groups is 1. The van der Waals surface area contributed by atoms with Crippen LogP contribution in [-0.4, -0.2) is 204 Å². The number of aliphatic hydroxyl groups excluding tert-OH is 10. The Morgan fingerprint density at radius 1 is 0.400 bits per heavy atom. The molecule has 95 heavy (non-hydrogen) atoms. The van der Waals surface area contributed by atoms with Gasteiger partial charge in [-0.3, -0.25) is 23.4 Å². The molecule has 2 aliphatic heterocycles. The molecule has 24 nitrogen and oxygen atoms in total. The summed E-state index contributed by atoms with van der Waals surface area (Å²) in [4.78, 5) is 50.9. The molecule has 11 N–H and O–H groups in total. The number of ether oxygens (including phenoxy) is 7. The van der Waals surface area contributed by atoms with Gasteiger partial charge in [0.15, 0.2) is 18.7 Å². The van der Waals surface area contributed by atoms with Crippen LogP contribution in [0.4, 0.5) is 0 Å². The number of hydrogen-bond acceptors (Lipinski definition) is 23. The topological polar surface area (TPSA) is 374 Å². The number of carbonyl (C=O) groups excluding carboxylic acids is 3. The molecule has 0 radical (unpaired) electrons.